The van der Waals surface area contributed by atoms with Crippen molar-refractivity contribution in [2.75, 3.05) is 12.5 Å². The fourth-order valence-electron chi connectivity index (χ4n) is 1.62. The molecule has 0 amide bonds. The van der Waals surface area contributed by atoms with Crippen molar-refractivity contribution in [1.82, 2.24) is 12.5 Å². The fraction of sp³-hybridized carbons (Fsp3) is 0.667. The normalized spacial score (nSPS) is 12.5. The van der Waals surface area contributed by atoms with E-state index in [0.717, 1.165) is 0 Å². The molecule has 0 atom stereocenters. The van der Waals surface area contributed by atoms with Crippen molar-refractivity contribution in [2.45, 2.75) is 26.3 Å². The van der Waals surface area contributed by atoms with E-state index in [-0.39, 0.29) is 14.5 Å². The SMILES string of the molecule is CCCCn1c(=O)n(S(C)(=O)=O)c(=O)n(S(C)(=O)=O)c1=O. The minimum absolute atomic E-state index is 0.195. The van der Waals surface area contributed by atoms with Gasteiger partial charge in [0.15, 0.2) is 0 Å². The Morgan fingerprint density at radius 3 is 1.48 bits per heavy atom. The molecule has 1 aromatic heterocycles. The summed E-state index contributed by atoms with van der Waals surface area (Å²) in [5.41, 5.74) is -4.47. The minimum Gasteiger partial charge on any atom is -0.246 e. The highest BCUT2D eigenvalue weighted by molar-refractivity contribution is 7.89. The maximum Gasteiger partial charge on any atom is 0.364 e. The molecule has 1 aromatic rings. The number of rotatable bonds is 5. The highest BCUT2D eigenvalue weighted by Gasteiger charge is 2.25. The Bertz CT molecular complexity index is 861. The van der Waals surface area contributed by atoms with E-state index in [1.165, 1.54) is 0 Å². The van der Waals surface area contributed by atoms with Gasteiger partial charge in [-0.2, -0.15) is 0 Å². The van der Waals surface area contributed by atoms with Crippen LogP contribution in [0.15, 0.2) is 14.4 Å². The summed E-state index contributed by atoms with van der Waals surface area (Å²) >= 11 is 0. The first-order valence-electron chi connectivity index (χ1n) is 5.83. The molecule has 21 heavy (non-hydrogen) atoms. The van der Waals surface area contributed by atoms with Crippen molar-refractivity contribution >= 4 is 20.0 Å². The third kappa shape index (κ3) is 3.32. The van der Waals surface area contributed by atoms with Crippen molar-refractivity contribution in [3.8, 4) is 0 Å². The van der Waals surface area contributed by atoms with E-state index in [1.807, 2.05) is 0 Å². The van der Waals surface area contributed by atoms with Gasteiger partial charge in [-0.25, -0.2) is 35.8 Å². The molecular weight excluding hydrogens is 326 g/mol. The molecule has 0 aliphatic carbocycles. The molecule has 120 valence electrons. The molecule has 0 spiro atoms. The van der Waals surface area contributed by atoms with Crippen molar-refractivity contribution in [3.63, 3.8) is 0 Å². The van der Waals surface area contributed by atoms with Gasteiger partial charge in [0, 0.05) is 6.54 Å². The zero-order chi connectivity index (χ0) is 16.6. The summed E-state index contributed by atoms with van der Waals surface area (Å²) in [7, 11) is -8.73. The summed E-state index contributed by atoms with van der Waals surface area (Å²) in [6, 6.07) is 0. The van der Waals surface area contributed by atoms with Gasteiger partial charge in [0.05, 0.1) is 12.5 Å². The van der Waals surface area contributed by atoms with Crippen molar-refractivity contribution in [1.29, 1.82) is 0 Å². The lowest BCUT2D eigenvalue weighted by atomic mass is 10.3. The highest BCUT2D eigenvalue weighted by atomic mass is 32.2. The van der Waals surface area contributed by atoms with E-state index in [4.69, 9.17) is 0 Å². The van der Waals surface area contributed by atoms with Gasteiger partial charge in [-0.15, -0.1) is 7.94 Å². The average Bonchev–Trinajstić information content (AvgIpc) is 2.24. The molecular formula is C9H15N3O7S2. The quantitative estimate of drug-likeness (QED) is 0.582. The molecule has 1 rings (SSSR count). The van der Waals surface area contributed by atoms with E-state index in [1.54, 1.807) is 6.92 Å². The molecule has 0 saturated heterocycles. The molecule has 0 fully saturated rings. The molecule has 0 N–H and O–H groups in total. The van der Waals surface area contributed by atoms with Gasteiger partial charge in [-0.1, -0.05) is 13.3 Å². The van der Waals surface area contributed by atoms with Gasteiger partial charge in [0.1, 0.15) is 0 Å². The first-order chi connectivity index (χ1) is 9.42. The van der Waals surface area contributed by atoms with E-state index < -0.39 is 37.1 Å². The Hall–Kier alpha value is -1.69. The fourth-order valence-corrected chi connectivity index (χ4v) is 3.17. The number of hydrogen-bond donors (Lipinski definition) is 0. The molecule has 0 aliphatic heterocycles. The van der Waals surface area contributed by atoms with E-state index >= 15 is 0 Å². The van der Waals surface area contributed by atoms with Gasteiger partial charge in [0.2, 0.25) is 20.0 Å². The van der Waals surface area contributed by atoms with Gasteiger partial charge in [0.25, 0.3) is 0 Å². The Morgan fingerprint density at radius 2 is 1.19 bits per heavy atom. The summed E-state index contributed by atoms with van der Waals surface area (Å²) in [6.45, 7) is 1.56. The summed E-state index contributed by atoms with van der Waals surface area (Å²) in [6.07, 6.45) is 2.04. The Morgan fingerprint density at radius 1 is 0.810 bits per heavy atom. The smallest absolute Gasteiger partial charge is 0.246 e. The van der Waals surface area contributed by atoms with Crippen LogP contribution in [0.25, 0.3) is 0 Å². The van der Waals surface area contributed by atoms with Gasteiger partial charge >= 0.3 is 17.1 Å². The second-order valence-corrected chi connectivity index (χ2v) is 8.07. The summed E-state index contributed by atoms with van der Waals surface area (Å²) in [5, 5.41) is 0. The first-order valence-corrected chi connectivity index (χ1v) is 9.52. The molecule has 12 heteroatoms. The topological polar surface area (TPSA) is 134 Å². The molecule has 0 aromatic carbocycles. The third-order valence-corrected chi connectivity index (χ3v) is 4.51. The van der Waals surface area contributed by atoms with Crippen LogP contribution in [0.1, 0.15) is 19.8 Å². The predicted molar refractivity (Wildman–Crippen MR) is 74.6 cm³/mol. The maximum absolute atomic E-state index is 12.0. The number of hydrogen-bond acceptors (Lipinski definition) is 7. The Kier molecular flexibility index (Phi) is 4.63. The van der Waals surface area contributed by atoms with E-state index in [9.17, 15) is 31.2 Å². The average molecular weight is 341 g/mol. The Balaban J connectivity index is 4.10. The molecule has 0 saturated carbocycles. The zero-order valence-electron chi connectivity index (χ0n) is 11.6. The summed E-state index contributed by atoms with van der Waals surface area (Å²) in [4.78, 5) is 35.8. The predicted octanol–water partition coefficient (Wildman–Crippen LogP) is -2.41. The zero-order valence-corrected chi connectivity index (χ0v) is 13.3. The number of aromatic nitrogens is 3. The standard InChI is InChI=1S/C9H15N3O7S2/c1-4-5-6-10-7(13)11(20(2,16)17)9(15)12(8(10)14)21(3,18)19/h4-6H2,1-3H3. The minimum atomic E-state index is -4.36. The largest absolute Gasteiger partial charge is 0.364 e. The Labute approximate surface area is 120 Å². The second kappa shape index (κ2) is 5.60. The van der Waals surface area contributed by atoms with Crippen molar-refractivity contribution in [2.24, 2.45) is 0 Å². The number of unbranched alkanes of at least 4 members (excludes halogenated alkanes) is 1. The van der Waals surface area contributed by atoms with Crippen LogP contribution in [-0.2, 0) is 26.6 Å². The van der Waals surface area contributed by atoms with E-state index in [0.29, 0.717) is 29.9 Å². The van der Waals surface area contributed by atoms with Gasteiger partial charge in [-0.3, -0.25) is 0 Å². The summed E-state index contributed by atoms with van der Waals surface area (Å²) in [5.74, 6) is 0. The van der Waals surface area contributed by atoms with Crippen LogP contribution in [0.2, 0.25) is 0 Å². The molecule has 0 bridgehead atoms. The van der Waals surface area contributed by atoms with Crippen LogP contribution in [0.5, 0.6) is 0 Å². The first kappa shape index (κ1) is 17.4. The van der Waals surface area contributed by atoms with E-state index in [2.05, 4.69) is 0 Å². The molecule has 1 heterocycles. The van der Waals surface area contributed by atoms with Crippen LogP contribution in [-0.4, -0.2) is 41.9 Å². The maximum atomic E-state index is 12.0. The molecule has 0 radical (unpaired) electrons. The van der Waals surface area contributed by atoms with Crippen molar-refractivity contribution in [3.05, 3.63) is 31.5 Å². The summed E-state index contributed by atoms with van der Waals surface area (Å²) < 4.78 is 46.1. The van der Waals surface area contributed by atoms with Crippen LogP contribution < -0.4 is 17.1 Å². The molecule has 0 unspecified atom stereocenters. The van der Waals surface area contributed by atoms with Crippen LogP contribution in [0.4, 0.5) is 0 Å². The van der Waals surface area contributed by atoms with Crippen molar-refractivity contribution < 1.29 is 16.8 Å². The van der Waals surface area contributed by atoms with Gasteiger partial charge < -0.3 is 0 Å². The lowest BCUT2D eigenvalue weighted by molar-refractivity contribution is 0.517. The lowest BCUT2D eigenvalue weighted by Gasteiger charge is -2.11. The van der Waals surface area contributed by atoms with Crippen LogP contribution in [0.3, 0.4) is 0 Å². The lowest BCUT2D eigenvalue weighted by Crippen LogP contribution is -2.57. The number of nitrogens with zero attached hydrogens (tertiary/aromatic N) is 3. The molecule has 0 aliphatic rings. The highest BCUT2D eigenvalue weighted by Crippen LogP contribution is 1.90. The van der Waals surface area contributed by atoms with Crippen LogP contribution in [0, 0.1) is 0 Å². The monoisotopic (exact) mass is 341 g/mol. The van der Waals surface area contributed by atoms with Crippen LogP contribution >= 0.6 is 0 Å². The van der Waals surface area contributed by atoms with Gasteiger partial charge in [-0.05, 0) is 6.42 Å². The molecule has 10 nitrogen and oxygen atoms in total. The second-order valence-electron chi connectivity index (χ2n) is 4.41. The third-order valence-electron chi connectivity index (χ3n) is 2.56.